The molecule has 0 aliphatic heterocycles. The normalized spacial score (nSPS) is 11.0. The van der Waals surface area contributed by atoms with Crippen molar-refractivity contribution in [1.29, 1.82) is 0 Å². The summed E-state index contributed by atoms with van der Waals surface area (Å²) in [6, 6.07) is 11.8. The lowest BCUT2D eigenvalue weighted by Crippen LogP contribution is -2.15. The summed E-state index contributed by atoms with van der Waals surface area (Å²) < 4.78 is 2.93. The van der Waals surface area contributed by atoms with E-state index in [1.165, 1.54) is 0 Å². The molecule has 1 aromatic heterocycles. The highest BCUT2D eigenvalue weighted by Crippen LogP contribution is 2.30. The summed E-state index contributed by atoms with van der Waals surface area (Å²) in [5, 5.41) is 4.56. The summed E-state index contributed by atoms with van der Waals surface area (Å²) >= 11 is 9.63. The summed E-state index contributed by atoms with van der Waals surface area (Å²) in [6.45, 7) is 1.92. The number of benzene rings is 2. The largest absolute Gasteiger partial charge is 0.350 e. The fourth-order valence-electron chi connectivity index (χ4n) is 2.78. The highest BCUT2D eigenvalue weighted by molar-refractivity contribution is 9.10. The monoisotopic (exact) mass is 390 g/mol. The van der Waals surface area contributed by atoms with E-state index < -0.39 is 0 Å². The van der Waals surface area contributed by atoms with Crippen LogP contribution in [0, 0.1) is 6.92 Å². The molecule has 3 rings (SSSR count). The maximum Gasteiger partial charge on any atom is 0.228 e. The Balaban J connectivity index is 1.85. The number of rotatable bonds is 3. The van der Waals surface area contributed by atoms with E-state index >= 15 is 0 Å². The number of hydrogen-bond donors (Lipinski definition) is 1. The van der Waals surface area contributed by atoms with Crippen LogP contribution in [-0.4, -0.2) is 10.5 Å². The van der Waals surface area contributed by atoms with Crippen LogP contribution in [0.4, 0.5) is 5.69 Å². The highest BCUT2D eigenvalue weighted by atomic mass is 79.9. The SMILES string of the molecule is Cc1cc(Br)cc(Cl)c1NC(=O)Cc1cn(C)c2ccccc12. The quantitative estimate of drug-likeness (QED) is 0.663. The first-order valence-corrected chi connectivity index (χ1v) is 8.41. The fraction of sp³-hybridized carbons (Fsp3) is 0.167. The molecule has 1 N–H and O–H groups in total. The molecule has 3 nitrogen and oxygen atoms in total. The Bertz CT molecular complexity index is 878. The lowest BCUT2D eigenvalue weighted by atomic mass is 10.1. The van der Waals surface area contributed by atoms with Crippen LogP contribution < -0.4 is 5.32 Å². The minimum absolute atomic E-state index is 0.0753. The van der Waals surface area contributed by atoms with Gasteiger partial charge in [-0.05, 0) is 36.2 Å². The molecular formula is C18H16BrClN2O. The number of halogens is 2. The molecule has 23 heavy (non-hydrogen) atoms. The van der Waals surface area contributed by atoms with Gasteiger partial charge in [0.25, 0.3) is 0 Å². The number of amides is 1. The standard InChI is InChI=1S/C18H16BrClN2O/c1-11-7-13(19)9-15(20)18(11)21-17(23)8-12-10-22(2)16-6-4-3-5-14(12)16/h3-7,9-10H,8H2,1-2H3,(H,21,23). The van der Waals surface area contributed by atoms with Crippen molar-refractivity contribution in [2.45, 2.75) is 13.3 Å². The zero-order valence-electron chi connectivity index (χ0n) is 12.9. The molecule has 1 amide bonds. The molecule has 0 radical (unpaired) electrons. The fourth-order valence-corrected chi connectivity index (χ4v) is 3.80. The number of para-hydroxylation sites is 1. The molecule has 3 aromatic rings. The van der Waals surface area contributed by atoms with E-state index in [2.05, 4.69) is 21.2 Å². The van der Waals surface area contributed by atoms with Crippen molar-refractivity contribution in [2.75, 3.05) is 5.32 Å². The van der Waals surface area contributed by atoms with Gasteiger partial charge in [0.15, 0.2) is 0 Å². The van der Waals surface area contributed by atoms with Gasteiger partial charge in [0.1, 0.15) is 0 Å². The lowest BCUT2D eigenvalue weighted by Gasteiger charge is -2.11. The van der Waals surface area contributed by atoms with Crippen molar-refractivity contribution in [3.63, 3.8) is 0 Å². The Morgan fingerprint density at radius 2 is 2.04 bits per heavy atom. The third-order valence-electron chi connectivity index (χ3n) is 3.85. The second-order valence-corrected chi connectivity index (χ2v) is 6.91. The molecule has 0 aliphatic carbocycles. The van der Waals surface area contributed by atoms with Crippen molar-refractivity contribution in [3.8, 4) is 0 Å². The number of fused-ring (bicyclic) bond motifs is 1. The zero-order chi connectivity index (χ0) is 16.6. The van der Waals surface area contributed by atoms with Gasteiger partial charge in [0.2, 0.25) is 5.91 Å². The molecule has 2 aromatic carbocycles. The van der Waals surface area contributed by atoms with Crippen LogP contribution >= 0.6 is 27.5 Å². The molecule has 0 bridgehead atoms. The van der Waals surface area contributed by atoms with Gasteiger partial charge < -0.3 is 9.88 Å². The molecule has 0 unspecified atom stereocenters. The Labute approximate surface area is 148 Å². The van der Waals surface area contributed by atoms with Gasteiger partial charge in [-0.15, -0.1) is 0 Å². The number of carbonyl (C=O) groups is 1. The van der Waals surface area contributed by atoms with E-state index in [-0.39, 0.29) is 5.91 Å². The third-order valence-corrected chi connectivity index (χ3v) is 4.60. The molecular weight excluding hydrogens is 376 g/mol. The molecule has 5 heteroatoms. The third kappa shape index (κ3) is 3.28. The van der Waals surface area contributed by atoms with Gasteiger partial charge in [-0.1, -0.05) is 45.7 Å². The number of anilines is 1. The predicted molar refractivity (Wildman–Crippen MR) is 99.1 cm³/mol. The van der Waals surface area contributed by atoms with Crippen molar-refractivity contribution in [2.24, 2.45) is 7.05 Å². The Kier molecular flexibility index (Phi) is 4.46. The van der Waals surface area contributed by atoms with E-state index in [0.717, 1.165) is 26.5 Å². The topological polar surface area (TPSA) is 34.0 Å². The van der Waals surface area contributed by atoms with E-state index in [9.17, 15) is 4.79 Å². The Morgan fingerprint density at radius 1 is 1.30 bits per heavy atom. The molecule has 1 heterocycles. The average Bonchev–Trinajstić information content (AvgIpc) is 2.80. The second-order valence-electron chi connectivity index (χ2n) is 5.59. The van der Waals surface area contributed by atoms with Crippen LogP contribution in [-0.2, 0) is 18.3 Å². The van der Waals surface area contributed by atoms with Crippen molar-refractivity contribution < 1.29 is 4.79 Å². The van der Waals surface area contributed by atoms with Gasteiger partial charge in [-0.3, -0.25) is 4.79 Å². The van der Waals surface area contributed by atoms with Crippen LogP contribution in [0.1, 0.15) is 11.1 Å². The van der Waals surface area contributed by atoms with E-state index in [1.54, 1.807) is 6.07 Å². The van der Waals surface area contributed by atoms with Crippen LogP contribution in [0.2, 0.25) is 5.02 Å². The van der Waals surface area contributed by atoms with Crippen LogP contribution in [0.5, 0.6) is 0 Å². The summed E-state index contributed by atoms with van der Waals surface area (Å²) in [6.07, 6.45) is 2.31. The smallest absolute Gasteiger partial charge is 0.228 e. The van der Waals surface area contributed by atoms with Gasteiger partial charge in [-0.2, -0.15) is 0 Å². The lowest BCUT2D eigenvalue weighted by molar-refractivity contribution is -0.115. The summed E-state index contributed by atoms with van der Waals surface area (Å²) in [5.41, 5.74) is 3.72. The van der Waals surface area contributed by atoms with Crippen molar-refractivity contribution in [1.82, 2.24) is 4.57 Å². The van der Waals surface area contributed by atoms with Gasteiger partial charge in [-0.25, -0.2) is 0 Å². The molecule has 0 atom stereocenters. The zero-order valence-corrected chi connectivity index (χ0v) is 15.2. The van der Waals surface area contributed by atoms with E-state index in [4.69, 9.17) is 11.6 Å². The summed E-state index contributed by atoms with van der Waals surface area (Å²) in [5.74, 6) is -0.0753. The maximum absolute atomic E-state index is 12.4. The second kappa shape index (κ2) is 6.38. The van der Waals surface area contributed by atoms with Gasteiger partial charge in [0.05, 0.1) is 17.1 Å². The summed E-state index contributed by atoms with van der Waals surface area (Å²) in [4.78, 5) is 12.4. The van der Waals surface area contributed by atoms with E-state index in [0.29, 0.717) is 17.1 Å². The van der Waals surface area contributed by atoms with Crippen molar-refractivity contribution >= 4 is 50.0 Å². The first kappa shape index (κ1) is 16.1. The first-order valence-electron chi connectivity index (χ1n) is 7.24. The molecule has 0 aliphatic rings. The molecule has 0 spiro atoms. The average molecular weight is 392 g/mol. The number of hydrogen-bond acceptors (Lipinski definition) is 1. The van der Waals surface area contributed by atoms with Crippen molar-refractivity contribution in [3.05, 3.63) is 63.2 Å². The summed E-state index contributed by atoms with van der Waals surface area (Å²) in [7, 11) is 1.99. The van der Waals surface area contributed by atoms with Gasteiger partial charge in [0, 0.05) is 28.6 Å². The Morgan fingerprint density at radius 3 is 2.78 bits per heavy atom. The minimum Gasteiger partial charge on any atom is -0.350 e. The first-order chi connectivity index (χ1) is 11.0. The molecule has 0 fully saturated rings. The minimum atomic E-state index is -0.0753. The molecule has 0 saturated carbocycles. The number of aryl methyl sites for hydroxylation is 2. The van der Waals surface area contributed by atoms with Crippen LogP contribution in [0.3, 0.4) is 0 Å². The number of nitrogens with zero attached hydrogens (tertiary/aromatic N) is 1. The van der Waals surface area contributed by atoms with E-state index in [1.807, 2.05) is 55.1 Å². The number of aromatic nitrogens is 1. The van der Waals surface area contributed by atoms with Crippen LogP contribution in [0.25, 0.3) is 10.9 Å². The number of nitrogens with one attached hydrogen (secondary N) is 1. The predicted octanol–water partition coefficient (Wildman–Crippen LogP) is 5.08. The maximum atomic E-state index is 12.4. The van der Waals surface area contributed by atoms with Gasteiger partial charge >= 0.3 is 0 Å². The Hall–Kier alpha value is -1.78. The van der Waals surface area contributed by atoms with Crippen LogP contribution in [0.15, 0.2) is 47.1 Å². The molecule has 0 saturated heterocycles. The molecule has 118 valence electrons. The number of carbonyl (C=O) groups excluding carboxylic acids is 1. The highest BCUT2D eigenvalue weighted by Gasteiger charge is 2.13.